The largest absolute Gasteiger partial charge is 0.379 e. The van der Waals surface area contributed by atoms with E-state index in [-0.39, 0.29) is 12.2 Å². The van der Waals surface area contributed by atoms with Crippen molar-refractivity contribution in [3.63, 3.8) is 0 Å². The maximum Gasteiger partial charge on any atom is 0.131 e. The van der Waals surface area contributed by atoms with Gasteiger partial charge in [0.1, 0.15) is 12.2 Å². The van der Waals surface area contributed by atoms with Gasteiger partial charge in [-0.05, 0) is 41.6 Å². The lowest BCUT2D eigenvalue weighted by atomic mass is 10.2. The average Bonchev–Trinajstić information content (AvgIpc) is 2.82. The van der Waals surface area contributed by atoms with Gasteiger partial charge in [-0.3, -0.25) is 4.90 Å². The second-order valence-electron chi connectivity index (χ2n) is 4.80. The molecule has 0 bridgehead atoms. The molecule has 0 unspecified atom stereocenters. The third-order valence-corrected chi connectivity index (χ3v) is 4.44. The molecule has 0 radical (unpaired) electrons. The predicted molar refractivity (Wildman–Crippen MR) is 82.1 cm³/mol. The van der Waals surface area contributed by atoms with Crippen LogP contribution in [0.3, 0.4) is 0 Å². The van der Waals surface area contributed by atoms with Crippen LogP contribution in [0.15, 0.2) is 34.6 Å². The lowest BCUT2D eigenvalue weighted by Crippen LogP contribution is -2.53. The molecule has 0 amide bonds. The van der Waals surface area contributed by atoms with E-state index in [2.05, 4.69) is 61.9 Å². The summed E-state index contributed by atoms with van der Waals surface area (Å²) in [6, 6.07) is 8.49. The third-order valence-electron chi connectivity index (χ3n) is 3.53. The molecule has 0 N–H and O–H groups in total. The molecule has 1 saturated heterocycles. The summed E-state index contributed by atoms with van der Waals surface area (Å²) in [5.41, 5.74) is 1.13. The molecule has 1 aromatic carbocycles. The van der Waals surface area contributed by atoms with Gasteiger partial charge >= 0.3 is 0 Å². The number of ether oxygens (including phenoxy) is 1. The van der Waals surface area contributed by atoms with Crippen molar-refractivity contribution in [1.29, 1.82) is 0 Å². The van der Waals surface area contributed by atoms with Gasteiger partial charge in [-0.25, -0.2) is 5.01 Å². The van der Waals surface area contributed by atoms with Crippen LogP contribution in [0.2, 0.25) is 0 Å². The van der Waals surface area contributed by atoms with Crippen LogP contribution in [0.4, 0.5) is 5.69 Å². The Morgan fingerprint density at radius 1 is 1.26 bits per heavy atom. The highest BCUT2D eigenvalue weighted by molar-refractivity contribution is 14.1. The first kappa shape index (κ1) is 13.3. The first-order chi connectivity index (χ1) is 9.27. The third kappa shape index (κ3) is 2.61. The number of para-hydroxylation sites is 1. The van der Waals surface area contributed by atoms with Crippen molar-refractivity contribution >= 4 is 28.3 Å². The summed E-state index contributed by atoms with van der Waals surface area (Å²) >= 11 is 2.35. The summed E-state index contributed by atoms with van der Waals surface area (Å²) in [7, 11) is 0. The van der Waals surface area contributed by atoms with Gasteiger partial charge in [0, 0.05) is 16.7 Å². The molecule has 3 rings (SSSR count). The summed E-state index contributed by atoms with van der Waals surface area (Å²) in [5.74, 6) is 0. The molecule has 0 spiro atoms. The molecule has 1 fully saturated rings. The number of rotatable bonds is 2. The molecule has 2 atom stereocenters. The molecule has 6 heteroatoms. The molecule has 2 aliphatic heterocycles. The van der Waals surface area contributed by atoms with E-state index in [1.807, 2.05) is 12.1 Å². The zero-order valence-electron chi connectivity index (χ0n) is 10.9. The predicted octanol–water partition coefficient (Wildman–Crippen LogP) is 2.53. The van der Waals surface area contributed by atoms with Crippen LogP contribution >= 0.6 is 22.6 Å². The molecule has 0 aliphatic carbocycles. The van der Waals surface area contributed by atoms with Gasteiger partial charge in [0.2, 0.25) is 0 Å². The molecule has 102 valence electrons. The smallest absolute Gasteiger partial charge is 0.131 e. The Kier molecular flexibility index (Phi) is 3.99. The minimum atomic E-state index is 0.189. The fraction of sp³-hybridized carbons (Fsp3) is 0.538. The van der Waals surface area contributed by atoms with Crippen LogP contribution in [-0.4, -0.2) is 43.4 Å². The zero-order chi connectivity index (χ0) is 13.2. The van der Waals surface area contributed by atoms with E-state index in [1.54, 1.807) is 0 Å². The number of anilines is 1. The summed E-state index contributed by atoms with van der Waals surface area (Å²) in [6.45, 7) is 5.60. The molecule has 2 heterocycles. The Morgan fingerprint density at radius 2 is 2.00 bits per heavy atom. The Balaban J connectivity index is 1.87. The number of halogens is 1. The summed E-state index contributed by atoms with van der Waals surface area (Å²) in [5, 5.41) is 10.8. The van der Waals surface area contributed by atoms with Crippen LogP contribution in [0.25, 0.3) is 0 Å². The van der Waals surface area contributed by atoms with E-state index in [9.17, 15) is 0 Å². The van der Waals surface area contributed by atoms with E-state index in [1.165, 1.54) is 3.57 Å². The topological polar surface area (TPSA) is 40.4 Å². The van der Waals surface area contributed by atoms with Crippen LogP contribution in [0.5, 0.6) is 0 Å². The SMILES string of the molecule is C[C@@H]1N=NN(c2ccccc2I)[C@H]1N1CCOCC1. The van der Waals surface area contributed by atoms with Gasteiger partial charge in [0.25, 0.3) is 0 Å². The van der Waals surface area contributed by atoms with Gasteiger partial charge in [-0.15, -0.1) is 0 Å². The fourth-order valence-corrected chi connectivity index (χ4v) is 3.22. The molecule has 0 saturated carbocycles. The Morgan fingerprint density at radius 3 is 2.74 bits per heavy atom. The minimum Gasteiger partial charge on any atom is -0.379 e. The molecular formula is C13H17IN4O. The number of benzene rings is 1. The van der Waals surface area contributed by atoms with Crippen molar-refractivity contribution in [2.24, 2.45) is 10.3 Å². The lowest BCUT2D eigenvalue weighted by molar-refractivity contribution is 0.0152. The number of hydrogen-bond acceptors (Lipinski definition) is 5. The van der Waals surface area contributed by atoms with Crippen LogP contribution in [0.1, 0.15) is 6.92 Å². The second kappa shape index (κ2) is 5.72. The van der Waals surface area contributed by atoms with Crippen LogP contribution in [0, 0.1) is 3.57 Å². The normalized spacial score (nSPS) is 28.0. The van der Waals surface area contributed by atoms with Gasteiger partial charge in [-0.1, -0.05) is 17.4 Å². The minimum absolute atomic E-state index is 0.189. The van der Waals surface area contributed by atoms with E-state index < -0.39 is 0 Å². The lowest BCUT2D eigenvalue weighted by Gasteiger charge is -2.37. The first-order valence-corrected chi connectivity index (χ1v) is 7.61. The molecular weight excluding hydrogens is 355 g/mol. The number of hydrogen-bond donors (Lipinski definition) is 0. The molecule has 2 aliphatic rings. The van der Waals surface area contributed by atoms with E-state index in [4.69, 9.17) is 4.74 Å². The zero-order valence-corrected chi connectivity index (χ0v) is 13.0. The maximum atomic E-state index is 5.44. The number of morpholine rings is 1. The molecule has 5 nitrogen and oxygen atoms in total. The second-order valence-corrected chi connectivity index (χ2v) is 5.97. The molecule has 19 heavy (non-hydrogen) atoms. The van der Waals surface area contributed by atoms with E-state index in [0.29, 0.717) is 0 Å². The summed E-state index contributed by atoms with van der Waals surface area (Å²) in [6.07, 6.45) is 0.208. The van der Waals surface area contributed by atoms with Crippen molar-refractivity contribution in [1.82, 2.24) is 4.90 Å². The summed E-state index contributed by atoms with van der Waals surface area (Å²) in [4.78, 5) is 2.41. The highest BCUT2D eigenvalue weighted by atomic mass is 127. The first-order valence-electron chi connectivity index (χ1n) is 6.54. The van der Waals surface area contributed by atoms with Crippen molar-refractivity contribution in [2.45, 2.75) is 19.1 Å². The monoisotopic (exact) mass is 372 g/mol. The van der Waals surface area contributed by atoms with Gasteiger partial charge < -0.3 is 4.74 Å². The highest BCUT2D eigenvalue weighted by Crippen LogP contribution is 2.31. The average molecular weight is 372 g/mol. The van der Waals surface area contributed by atoms with Crippen LogP contribution < -0.4 is 5.01 Å². The van der Waals surface area contributed by atoms with E-state index >= 15 is 0 Å². The maximum absolute atomic E-state index is 5.44. The van der Waals surface area contributed by atoms with Gasteiger partial charge in [-0.2, -0.15) is 5.11 Å². The fourth-order valence-electron chi connectivity index (χ4n) is 2.58. The summed E-state index contributed by atoms with van der Waals surface area (Å²) < 4.78 is 6.64. The Labute approximate surface area is 126 Å². The number of nitrogens with zero attached hydrogens (tertiary/aromatic N) is 4. The van der Waals surface area contributed by atoms with Gasteiger partial charge in [0.15, 0.2) is 0 Å². The quantitative estimate of drug-likeness (QED) is 0.750. The van der Waals surface area contributed by atoms with E-state index in [0.717, 1.165) is 32.0 Å². The Hall–Kier alpha value is -0.730. The van der Waals surface area contributed by atoms with Crippen molar-refractivity contribution < 1.29 is 4.74 Å². The van der Waals surface area contributed by atoms with Crippen molar-refractivity contribution in [2.75, 3.05) is 31.3 Å². The molecule has 1 aromatic rings. The van der Waals surface area contributed by atoms with Crippen molar-refractivity contribution in [3.05, 3.63) is 27.8 Å². The van der Waals surface area contributed by atoms with Gasteiger partial charge in [0.05, 0.1) is 18.9 Å². The van der Waals surface area contributed by atoms with Crippen molar-refractivity contribution in [3.8, 4) is 0 Å². The van der Waals surface area contributed by atoms with Crippen LogP contribution in [-0.2, 0) is 4.74 Å². The molecule has 0 aromatic heterocycles. The Bertz CT molecular complexity index is 475. The highest BCUT2D eigenvalue weighted by Gasteiger charge is 2.36. The standard InChI is InChI=1S/C13H17IN4O/c1-10-13(17-6-8-19-9-7-17)18(16-15-10)12-5-3-2-4-11(12)14/h2-5,10,13H,6-9H2,1H3/t10-,13+/m0/s1.